The van der Waals surface area contributed by atoms with Crippen LogP contribution in [0.15, 0.2) is 54.6 Å². The summed E-state index contributed by atoms with van der Waals surface area (Å²) in [6, 6.07) is 8.62. The zero-order valence-electron chi connectivity index (χ0n) is 24.1. The Hall–Kier alpha value is -4.46. The number of ether oxygens (including phenoxy) is 1. The SMILES string of the molecule is COC(=O)c1ccc([N+](=O)[O-])c(C(=O)C[C@H]2[C@@H]([N+](=O)[O-])[C@H](c3cccc(Cl)c3F)[C@]3(C(=O)Nc4cc(Cl)ccc43)N2CC2CC2)c1. The van der Waals surface area contributed by atoms with Crippen molar-refractivity contribution < 1.29 is 33.4 Å². The van der Waals surface area contributed by atoms with E-state index < -0.39 is 74.5 Å². The first-order valence-corrected chi connectivity index (χ1v) is 15.0. The van der Waals surface area contributed by atoms with E-state index in [9.17, 15) is 34.6 Å². The van der Waals surface area contributed by atoms with E-state index in [1.54, 1.807) is 11.0 Å². The van der Waals surface area contributed by atoms with Gasteiger partial charge in [0.15, 0.2) is 5.78 Å². The molecule has 0 bridgehead atoms. The van der Waals surface area contributed by atoms with Crippen molar-refractivity contribution in [2.75, 3.05) is 19.0 Å². The Bertz CT molecular complexity index is 1840. The number of nitro benzene ring substituents is 1. The molecule has 6 rings (SSSR count). The van der Waals surface area contributed by atoms with Crippen molar-refractivity contribution in [2.45, 2.75) is 42.8 Å². The number of halogens is 3. The van der Waals surface area contributed by atoms with Gasteiger partial charge in [-0.25, -0.2) is 9.18 Å². The van der Waals surface area contributed by atoms with E-state index in [1.807, 2.05) is 0 Å². The molecule has 3 aliphatic rings. The molecule has 1 saturated heterocycles. The monoisotopic (exact) mass is 670 g/mol. The Kier molecular flexibility index (Phi) is 8.03. The molecule has 1 N–H and O–H groups in total. The molecule has 0 radical (unpaired) electrons. The van der Waals surface area contributed by atoms with E-state index in [0.717, 1.165) is 38.2 Å². The van der Waals surface area contributed by atoms with Crippen LogP contribution in [0.4, 0.5) is 15.8 Å². The molecule has 4 atom stereocenters. The van der Waals surface area contributed by atoms with E-state index in [2.05, 4.69) is 5.32 Å². The average Bonchev–Trinajstić information content (AvgIpc) is 3.74. The van der Waals surface area contributed by atoms with Crippen LogP contribution in [0.2, 0.25) is 10.0 Å². The van der Waals surface area contributed by atoms with Crippen LogP contribution in [0.3, 0.4) is 0 Å². The van der Waals surface area contributed by atoms with Gasteiger partial charge in [0.1, 0.15) is 11.4 Å². The summed E-state index contributed by atoms with van der Waals surface area (Å²) in [5, 5.41) is 27.8. The zero-order valence-corrected chi connectivity index (χ0v) is 25.6. The Morgan fingerprint density at radius 2 is 1.85 bits per heavy atom. The highest BCUT2D eigenvalue weighted by Crippen LogP contribution is 2.59. The van der Waals surface area contributed by atoms with Gasteiger partial charge in [-0.05, 0) is 49.1 Å². The van der Waals surface area contributed by atoms with Crippen molar-refractivity contribution in [3.8, 4) is 0 Å². The van der Waals surface area contributed by atoms with Crippen LogP contribution in [0, 0.1) is 32.0 Å². The number of methoxy groups -OCH3 is 1. The van der Waals surface area contributed by atoms with E-state index in [0.29, 0.717) is 5.56 Å². The lowest BCUT2D eigenvalue weighted by Gasteiger charge is -2.38. The maximum absolute atomic E-state index is 15.9. The Balaban J connectivity index is 1.58. The minimum Gasteiger partial charge on any atom is -0.465 e. The fraction of sp³-hybridized carbons (Fsp3) is 0.323. The third-order valence-electron chi connectivity index (χ3n) is 9.05. The highest BCUT2D eigenvalue weighted by Gasteiger charge is 2.71. The van der Waals surface area contributed by atoms with Gasteiger partial charge >= 0.3 is 5.97 Å². The average molecular weight is 671 g/mol. The topological polar surface area (TPSA) is 162 Å². The van der Waals surface area contributed by atoms with Crippen LogP contribution in [0.25, 0.3) is 0 Å². The van der Waals surface area contributed by atoms with E-state index in [4.69, 9.17) is 27.9 Å². The van der Waals surface area contributed by atoms with Gasteiger partial charge in [-0.15, -0.1) is 0 Å². The lowest BCUT2D eigenvalue weighted by atomic mass is 9.73. The molecule has 15 heteroatoms. The van der Waals surface area contributed by atoms with Crippen LogP contribution >= 0.6 is 23.2 Å². The maximum atomic E-state index is 15.9. The largest absolute Gasteiger partial charge is 0.465 e. The number of rotatable bonds is 9. The molecule has 1 spiro atoms. The smallest absolute Gasteiger partial charge is 0.337 e. The Labute approximate surface area is 270 Å². The van der Waals surface area contributed by atoms with Crippen molar-refractivity contribution in [3.05, 3.63) is 113 Å². The minimum atomic E-state index is -1.88. The molecule has 0 aromatic heterocycles. The Morgan fingerprint density at radius 1 is 1.11 bits per heavy atom. The number of amides is 1. The predicted molar refractivity (Wildman–Crippen MR) is 163 cm³/mol. The lowest BCUT2D eigenvalue weighted by molar-refractivity contribution is -0.528. The van der Waals surface area contributed by atoms with Crippen molar-refractivity contribution in [3.63, 3.8) is 0 Å². The summed E-state index contributed by atoms with van der Waals surface area (Å²) >= 11 is 12.4. The highest BCUT2D eigenvalue weighted by atomic mass is 35.5. The zero-order chi connectivity index (χ0) is 33.1. The minimum absolute atomic E-state index is 0.0194. The number of anilines is 1. The van der Waals surface area contributed by atoms with Crippen LogP contribution in [0.1, 0.15) is 57.0 Å². The molecule has 3 aromatic rings. The second-order valence-electron chi connectivity index (χ2n) is 11.6. The molecule has 1 amide bonds. The number of carbonyl (C=O) groups excluding carboxylic acids is 3. The molecule has 1 saturated carbocycles. The third-order valence-corrected chi connectivity index (χ3v) is 9.57. The molecule has 0 unspecified atom stereocenters. The third kappa shape index (κ3) is 4.99. The number of nitro groups is 2. The Morgan fingerprint density at radius 3 is 2.50 bits per heavy atom. The molecule has 238 valence electrons. The number of nitrogens with one attached hydrogen (secondary N) is 1. The van der Waals surface area contributed by atoms with Gasteiger partial charge in [0.2, 0.25) is 6.04 Å². The second-order valence-corrected chi connectivity index (χ2v) is 12.4. The van der Waals surface area contributed by atoms with E-state index in [1.165, 1.54) is 30.3 Å². The van der Waals surface area contributed by atoms with Crippen molar-refractivity contribution in [1.82, 2.24) is 4.90 Å². The summed E-state index contributed by atoms with van der Waals surface area (Å²) < 4.78 is 20.6. The fourth-order valence-corrected chi connectivity index (χ4v) is 7.32. The van der Waals surface area contributed by atoms with Crippen LogP contribution in [-0.4, -0.2) is 58.1 Å². The number of Topliss-reactive ketones (excluding diaryl/α,β-unsaturated/α-hetero) is 1. The number of likely N-dealkylation sites (tertiary alicyclic amines) is 1. The fourth-order valence-electron chi connectivity index (χ4n) is 6.96. The van der Waals surface area contributed by atoms with E-state index in [-0.39, 0.29) is 39.3 Å². The molecule has 12 nitrogen and oxygen atoms in total. The predicted octanol–water partition coefficient (Wildman–Crippen LogP) is 5.77. The summed E-state index contributed by atoms with van der Waals surface area (Å²) in [6.45, 7) is 0.140. The van der Waals surface area contributed by atoms with Crippen LogP contribution in [0.5, 0.6) is 0 Å². The van der Waals surface area contributed by atoms with Crippen molar-refractivity contribution in [2.24, 2.45) is 5.92 Å². The summed E-state index contributed by atoms with van der Waals surface area (Å²) in [5.41, 5.74) is -2.70. The molecule has 46 heavy (non-hydrogen) atoms. The van der Waals surface area contributed by atoms with Gasteiger partial charge in [0, 0.05) is 45.8 Å². The number of esters is 1. The first-order chi connectivity index (χ1) is 21.9. The number of benzene rings is 3. The number of fused-ring (bicyclic) bond motifs is 2. The molecule has 2 heterocycles. The standard InChI is InChI=1S/C31H25Cl2FN4O8/c1-46-29(40)16-7-10-23(37(42)43)19(11-16)25(39)13-24-28(38(44)45)26(18-3-2-4-21(33)27(18)34)31(36(24)14-15-5-6-15)20-9-8-17(32)12-22(20)35-30(31)41/h2-4,7-12,15,24,26,28H,5-6,13-14H2,1H3,(H,35,41)/t24-,26-,28+,31+/m0/s1. The number of ketones is 1. The number of hydrogen-bond donors (Lipinski definition) is 1. The maximum Gasteiger partial charge on any atom is 0.337 e. The molecular formula is C31H25Cl2FN4O8. The summed E-state index contributed by atoms with van der Waals surface area (Å²) in [6.07, 6.45) is 0.850. The van der Waals surface area contributed by atoms with Gasteiger partial charge in [-0.2, -0.15) is 0 Å². The van der Waals surface area contributed by atoms with Gasteiger partial charge in [0.25, 0.3) is 11.6 Å². The summed E-state index contributed by atoms with van der Waals surface area (Å²) in [5.74, 6) is -4.82. The van der Waals surface area contributed by atoms with Gasteiger partial charge in [0.05, 0.1) is 40.1 Å². The normalized spacial score (nSPS) is 23.7. The first-order valence-electron chi connectivity index (χ1n) is 14.3. The molecule has 3 aromatic carbocycles. The highest BCUT2D eigenvalue weighted by molar-refractivity contribution is 6.31. The first kappa shape index (κ1) is 31.5. The summed E-state index contributed by atoms with van der Waals surface area (Å²) in [4.78, 5) is 65.8. The number of hydrogen-bond acceptors (Lipinski definition) is 9. The molecule has 2 aliphatic heterocycles. The molecule has 1 aliphatic carbocycles. The van der Waals surface area contributed by atoms with Crippen molar-refractivity contribution >= 4 is 52.2 Å². The van der Waals surface area contributed by atoms with Gasteiger partial charge < -0.3 is 10.1 Å². The van der Waals surface area contributed by atoms with E-state index >= 15 is 4.39 Å². The van der Waals surface area contributed by atoms with Crippen LogP contribution in [-0.2, 0) is 15.1 Å². The number of carbonyl (C=O) groups is 3. The second kappa shape index (κ2) is 11.7. The number of nitrogens with zero attached hydrogens (tertiary/aromatic N) is 3. The van der Waals surface area contributed by atoms with Crippen molar-refractivity contribution in [1.29, 1.82) is 0 Å². The summed E-state index contributed by atoms with van der Waals surface area (Å²) in [7, 11) is 1.10. The van der Waals surface area contributed by atoms with Crippen LogP contribution < -0.4 is 5.32 Å². The molecule has 2 fully saturated rings. The quantitative estimate of drug-likeness (QED) is 0.129. The lowest BCUT2D eigenvalue weighted by Crippen LogP contribution is -2.53. The molecular weight excluding hydrogens is 646 g/mol. The van der Waals surface area contributed by atoms with Gasteiger partial charge in [-0.3, -0.25) is 34.7 Å². The van der Waals surface area contributed by atoms with Gasteiger partial charge in [-0.1, -0.05) is 41.4 Å².